The van der Waals surface area contributed by atoms with Crippen LogP contribution in [0.15, 0.2) is 0 Å². The van der Waals surface area contributed by atoms with Crippen LogP contribution in [0.3, 0.4) is 0 Å². The Hall–Kier alpha value is 1.63. The highest BCUT2D eigenvalue weighted by Gasteiger charge is 2.52. The molecule has 0 heterocycles. The van der Waals surface area contributed by atoms with Gasteiger partial charge >= 0.3 is 6.94 Å². The highest BCUT2D eigenvalue weighted by atomic mass is 35.7. The topological polar surface area (TPSA) is 9.23 Å². The van der Waals surface area contributed by atoms with Gasteiger partial charge in [0.15, 0.2) is 0 Å². The van der Waals surface area contributed by atoms with Crippen molar-refractivity contribution in [1.29, 1.82) is 0 Å². The van der Waals surface area contributed by atoms with Crippen molar-refractivity contribution in [3.8, 4) is 0 Å². The van der Waals surface area contributed by atoms with E-state index in [9.17, 15) is 0 Å². The zero-order valence-corrected chi connectivity index (χ0v) is 9.78. The van der Waals surface area contributed by atoms with E-state index in [0.29, 0.717) is 6.61 Å². The van der Waals surface area contributed by atoms with E-state index in [1.54, 1.807) is 6.92 Å². The van der Waals surface area contributed by atoms with Crippen molar-refractivity contribution in [2.75, 3.05) is 6.61 Å². The molecule has 0 saturated carbocycles. The lowest BCUT2D eigenvalue weighted by Crippen LogP contribution is -2.40. The molecular formula is C3H5Cl5OSi. The maximum atomic E-state index is 5.60. The van der Waals surface area contributed by atoms with E-state index in [-0.39, 0.29) is 0 Å². The van der Waals surface area contributed by atoms with Crippen LogP contribution in [0.5, 0.6) is 0 Å². The van der Waals surface area contributed by atoms with Gasteiger partial charge in [-0.15, -0.1) is 22.2 Å². The summed E-state index contributed by atoms with van der Waals surface area (Å²) in [5.74, 6) is 0. The molecule has 0 aliphatic rings. The maximum Gasteiger partial charge on any atom is 0.442 e. The molecule has 0 fully saturated rings. The third-order valence-electron chi connectivity index (χ3n) is 0.656. The summed E-state index contributed by atoms with van der Waals surface area (Å²) >= 11 is 27.4. The van der Waals surface area contributed by atoms with Gasteiger partial charge in [0.1, 0.15) is 0 Å². The smallest absolute Gasteiger partial charge is 0.390 e. The van der Waals surface area contributed by atoms with Gasteiger partial charge in [-0.1, -0.05) is 34.8 Å². The molecule has 0 unspecified atom stereocenters. The fourth-order valence-corrected chi connectivity index (χ4v) is 1.93. The van der Waals surface area contributed by atoms with E-state index in [0.717, 1.165) is 0 Å². The number of hydrogen-bond donors (Lipinski definition) is 0. The quantitative estimate of drug-likeness (QED) is 0.421. The van der Waals surface area contributed by atoms with Crippen LogP contribution < -0.4 is 0 Å². The molecule has 10 heavy (non-hydrogen) atoms. The van der Waals surface area contributed by atoms with Gasteiger partial charge in [-0.25, -0.2) is 0 Å². The summed E-state index contributed by atoms with van der Waals surface area (Å²) in [4.78, 5) is 0. The molecule has 0 saturated heterocycles. The van der Waals surface area contributed by atoms with Crippen molar-refractivity contribution in [2.45, 2.75) is 10.3 Å². The molecule has 0 N–H and O–H groups in total. The Morgan fingerprint density at radius 3 is 1.80 bits per heavy atom. The highest BCUT2D eigenvalue weighted by molar-refractivity contribution is 7.49. The van der Waals surface area contributed by atoms with Gasteiger partial charge in [-0.05, 0) is 6.92 Å². The van der Waals surface area contributed by atoms with Gasteiger partial charge in [0.25, 0.3) is 0 Å². The van der Waals surface area contributed by atoms with Crippen LogP contribution in [0.4, 0.5) is 0 Å². The molecular weight excluding hydrogens is 257 g/mol. The Balaban J connectivity index is 4.10. The van der Waals surface area contributed by atoms with E-state index in [2.05, 4.69) is 0 Å². The first-order chi connectivity index (χ1) is 4.31. The minimum atomic E-state index is -3.16. The normalized spacial score (nSPS) is 13.8. The monoisotopic (exact) mass is 260 g/mol. The third-order valence-corrected chi connectivity index (χ3v) is 8.46. The summed E-state index contributed by atoms with van der Waals surface area (Å²) in [5.41, 5.74) is 0. The van der Waals surface area contributed by atoms with Gasteiger partial charge in [0.05, 0.1) is 0 Å². The minimum Gasteiger partial charge on any atom is -0.390 e. The minimum absolute atomic E-state index is 0.340. The summed E-state index contributed by atoms with van der Waals surface area (Å²) in [6.07, 6.45) is 0. The van der Waals surface area contributed by atoms with E-state index in [1.807, 2.05) is 0 Å². The Bertz CT molecular complexity index is 110. The largest absolute Gasteiger partial charge is 0.442 e. The van der Waals surface area contributed by atoms with Gasteiger partial charge < -0.3 is 4.43 Å². The molecule has 0 spiro atoms. The molecule has 0 aromatic heterocycles. The van der Waals surface area contributed by atoms with Crippen LogP contribution in [0.1, 0.15) is 6.92 Å². The molecule has 7 heteroatoms. The molecule has 0 aliphatic heterocycles. The Morgan fingerprint density at radius 2 is 1.70 bits per heavy atom. The summed E-state index contributed by atoms with van der Waals surface area (Å²) < 4.78 is 3.18. The first-order valence-corrected chi connectivity index (χ1v) is 7.46. The molecule has 0 aromatic rings. The van der Waals surface area contributed by atoms with Gasteiger partial charge in [0, 0.05) is 6.61 Å². The molecule has 0 atom stereocenters. The zero-order chi connectivity index (χ0) is 8.41. The van der Waals surface area contributed by atoms with Crippen molar-refractivity contribution in [3.63, 3.8) is 0 Å². The highest BCUT2D eigenvalue weighted by Crippen LogP contribution is 2.42. The molecule has 0 amide bonds. The van der Waals surface area contributed by atoms with Crippen LogP contribution in [-0.4, -0.2) is 17.0 Å². The van der Waals surface area contributed by atoms with Crippen LogP contribution >= 0.6 is 57.0 Å². The lowest BCUT2D eigenvalue weighted by Gasteiger charge is -2.22. The standard InChI is InChI=1S/C3H5Cl5OSi/c1-2-9-10(7,8)3(4,5)6/h2H2,1H3. The fraction of sp³-hybridized carbons (Fsp3) is 1.00. The Kier molecular flexibility index (Phi) is 4.69. The Labute approximate surface area is 85.0 Å². The fourth-order valence-electron chi connectivity index (χ4n) is 0.263. The molecule has 0 bridgehead atoms. The first kappa shape index (κ1) is 11.6. The van der Waals surface area contributed by atoms with Crippen molar-refractivity contribution in [2.24, 2.45) is 0 Å². The predicted octanol–water partition coefficient (Wildman–Crippen LogP) is 3.35. The predicted molar refractivity (Wildman–Crippen MR) is 49.4 cm³/mol. The van der Waals surface area contributed by atoms with E-state index in [1.165, 1.54) is 0 Å². The molecule has 62 valence electrons. The molecule has 0 radical (unpaired) electrons. The summed E-state index contributed by atoms with van der Waals surface area (Å²) in [6.45, 7) is -1.10. The zero-order valence-electron chi connectivity index (χ0n) is 5.01. The number of alkyl halides is 3. The van der Waals surface area contributed by atoms with Gasteiger partial charge in [-0.3, -0.25) is 0 Å². The van der Waals surface area contributed by atoms with Crippen molar-refractivity contribution >= 4 is 63.9 Å². The average molecular weight is 262 g/mol. The third kappa shape index (κ3) is 3.35. The molecule has 0 rings (SSSR count). The molecule has 1 nitrogen and oxygen atoms in total. The van der Waals surface area contributed by atoms with Gasteiger partial charge in [0.2, 0.25) is 3.42 Å². The van der Waals surface area contributed by atoms with Crippen molar-refractivity contribution in [1.82, 2.24) is 0 Å². The SMILES string of the molecule is CCO[Si](Cl)(Cl)C(Cl)(Cl)Cl. The molecule has 0 aliphatic carbocycles. The van der Waals surface area contributed by atoms with Crippen LogP contribution in [0, 0.1) is 0 Å². The second kappa shape index (κ2) is 4.03. The second-order valence-electron chi connectivity index (χ2n) is 1.45. The van der Waals surface area contributed by atoms with Crippen molar-refractivity contribution < 1.29 is 4.43 Å². The summed E-state index contributed by atoms with van der Waals surface area (Å²) in [5, 5.41) is 0. The van der Waals surface area contributed by atoms with Crippen LogP contribution in [-0.2, 0) is 4.43 Å². The molecule has 0 aromatic carbocycles. The number of hydrogen-bond acceptors (Lipinski definition) is 1. The van der Waals surface area contributed by atoms with Crippen LogP contribution in [0.25, 0.3) is 0 Å². The Morgan fingerprint density at radius 1 is 1.30 bits per heavy atom. The lowest BCUT2D eigenvalue weighted by atomic mass is 10.9. The summed E-state index contributed by atoms with van der Waals surface area (Å²) in [7, 11) is 0. The number of rotatable bonds is 2. The van der Waals surface area contributed by atoms with E-state index < -0.39 is 10.4 Å². The van der Waals surface area contributed by atoms with E-state index in [4.69, 9.17) is 61.4 Å². The van der Waals surface area contributed by atoms with Crippen molar-refractivity contribution in [3.05, 3.63) is 0 Å². The lowest BCUT2D eigenvalue weighted by molar-refractivity contribution is 0.348. The van der Waals surface area contributed by atoms with E-state index >= 15 is 0 Å². The maximum absolute atomic E-state index is 5.60. The van der Waals surface area contributed by atoms with Crippen LogP contribution in [0.2, 0.25) is 0 Å². The second-order valence-corrected chi connectivity index (χ2v) is 10.5. The summed E-state index contributed by atoms with van der Waals surface area (Å²) in [6, 6.07) is 0. The average Bonchev–Trinajstić information content (AvgIpc) is 1.61. The number of halogens is 5. The van der Waals surface area contributed by atoms with Gasteiger partial charge in [-0.2, -0.15) is 0 Å². The first-order valence-electron chi connectivity index (χ1n) is 2.39.